The number of nitriles is 1. The lowest BCUT2D eigenvalue weighted by molar-refractivity contribution is 0.755. The number of hydrogen-bond donors (Lipinski definition) is 1. The minimum absolute atomic E-state index is 0.246. The first kappa shape index (κ1) is 15.5. The van der Waals surface area contributed by atoms with Crippen molar-refractivity contribution >= 4 is 16.9 Å². The number of aromatic nitrogens is 4. The highest BCUT2D eigenvalue weighted by molar-refractivity contribution is 5.78. The number of anilines is 1. The molecule has 2 aromatic carbocycles. The number of nitrogens with zero attached hydrogens (tertiary/aromatic N) is 5. The maximum absolute atomic E-state index is 9.16. The van der Waals surface area contributed by atoms with E-state index in [1.807, 2.05) is 16.7 Å². The van der Waals surface area contributed by atoms with Crippen molar-refractivity contribution in [1.82, 2.24) is 19.5 Å². The van der Waals surface area contributed by atoms with Crippen LogP contribution in [-0.2, 0) is 6.42 Å². The van der Waals surface area contributed by atoms with E-state index < -0.39 is 0 Å². The van der Waals surface area contributed by atoms with E-state index in [-0.39, 0.29) is 6.04 Å². The highest BCUT2D eigenvalue weighted by Crippen LogP contribution is 2.33. The second-order valence-corrected chi connectivity index (χ2v) is 6.63. The van der Waals surface area contributed by atoms with Gasteiger partial charge in [0.25, 0.3) is 0 Å². The number of aryl methyl sites for hydroxylation is 1. The van der Waals surface area contributed by atoms with Crippen molar-refractivity contribution in [1.29, 1.82) is 5.26 Å². The molecule has 0 saturated heterocycles. The van der Waals surface area contributed by atoms with Crippen LogP contribution in [0.25, 0.3) is 16.9 Å². The monoisotopic (exact) mass is 352 g/mol. The Hall–Kier alpha value is -3.72. The molecule has 1 aliphatic rings. The second kappa shape index (κ2) is 6.22. The number of fused-ring (bicyclic) bond motifs is 2. The molecule has 0 amide bonds. The first-order chi connectivity index (χ1) is 13.3. The van der Waals surface area contributed by atoms with Gasteiger partial charge in [0.15, 0.2) is 5.82 Å². The van der Waals surface area contributed by atoms with Crippen LogP contribution in [0.2, 0.25) is 0 Å². The molecular weight excluding hydrogens is 336 g/mol. The van der Waals surface area contributed by atoms with Crippen LogP contribution in [-0.4, -0.2) is 19.5 Å². The Morgan fingerprint density at radius 3 is 3.00 bits per heavy atom. The van der Waals surface area contributed by atoms with Gasteiger partial charge in [-0.2, -0.15) is 5.26 Å². The van der Waals surface area contributed by atoms with Gasteiger partial charge in [-0.1, -0.05) is 24.3 Å². The largest absolute Gasteiger partial charge is 0.362 e. The van der Waals surface area contributed by atoms with Crippen molar-refractivity contribution in [2.75, 3.05) is 5.32 Å². The molecule has 5 rings (SSSR count). The van der Waals surface area contributed by atoms with E-state index in [1.165, 1.54) is 11.1 Å². The van der Waals surface area contributed by atoms with Crippen LogP contribution in [0.4, 0.5) is 5.82 Å². The first-order valence-electron chi connectivity index (χ1n) is 8.86. The molecule has 130 valence electrons. The predicted octanol–water partition coefficient (Wildman–Crippen LogP) is 3.79. The Morgan fingerprint density at radius 2 is 2.07 bits per heavy atom. The Bertz CT molecular complexity index is 1190. The number of nitrogens with one attached hydrogen (secondary N) is 1. The summed E-state index contributed by atoms with van der Waals surface area (Å²) in [7, 11) is 0. The summed E-state index contributed by atoms with van der Waals surface area (Å²) in [4.78, 5) is 13.5. The van der Waals surface area contributed by atoms with Crippen molar-refractivity contribution in [2.24, 2.45) is 0 Å². The quantitative estimate of drug-likeness (QED) is 0.607. The van der Waals surface area contributed by atoms with Crippen LogP contribution in [0.1, 0.15) is 29.2 Å². The molecule has 0 unspecified atom stereocenters. The first-order valence-corrected chi connectivity index (χ1v) is 8.86. The molecule has 1 atom stereocenters. The van der Waals surface area contributed by atoms with Gasteiger partial charge < -0.3 is 5.32 Å². The molecule has 0 bridgehead atoms. The van der Waals surface area contributed by atoms with E-state index in [0.29, 0.717) is 11.4 Å². The zero-order valence-electron chi connectivity index (χ0n) is 14.5. The van der Waals surface area contributed by atoms with Crippen LogP contribution in [0, 0.1) is 11.3 Å². The minimum atomic E-state index is 0.246. The van der Waals surface area contributed by atoms with Crippen LogP contribution in [0.3, 0.4) is 0 Å². The SMILES string of the molecule is N#Cc1ccc2ncn(-c3cncc(N[C@H]4CCc5ccccc54)n3)c2c1. The fraction of sp³-hybridized carbons (Fsp3) is 0.143. The van der Waals surface area contributed by atoms with Crippen LogP contribution in [0.15, 0.2) is 61.2 Å². The fourth-order valence-corrected chi connectivity index (χ4v) is 3.69. The van der Waals surface area contributed by atoms with E-state index in [2.05, 4.69) is 45.6 Å². The smallest absolute Gasteiger partial charge is 0.159 e. The molecule has 2 aromatic heterocycles. The van der Waals surface area contributed by atoms with Crippen LogP contribution >= 0.6 is 0 Å². The summed E-state index contributed by atoms with van der Waals surface area (Å²) in [6.07, 6.45) is 7.28. The molecule has 0 fully saturated rings. The van der Waals surface area contributed by atoms with Gasteiger partial charge in [-0.3, -0.25) is 9.55 Å². The lowest BCUT2D eigenvalue weighted by atomic mass is 10.1. The van der Waals surface area contributed by atoms with Crippen molar-refractivity contribution < 1.29 is 0 Å². The van der Waals surface area contributed by atoms with Gasteiger partial charge in [0, 0.05) is 0 Å². The highest BCUT2D eigenvalue weighted by Gasteiger charge is 2.22. The molecular formula is C21H16N6. The molecule has 0 saturated carbocycles. The third-order valence-electron chi connectivity index (χ3n) is 5.00. The van der Waals surface area contributed by atoms with Gasteiger partial charge in [-0.05, 0) is 42.2 Å². The Kier molecular flexibility index (Phi) is 3.58. The van der Waals surface area contributed by atoms with Crippen LogP contribution in [0.5, 0.6) is 0 Å². The molecule has 2 heterocycles. The van der Waals surface area contributed by atoms with Crippen molar-refractivity contribution in [3.05, 3.63) is 77.9 Å². The Morgan fingerprint density at radius 1 is 1.15 bits per heavy atom. The molecule has 6 nitrogen and oxygen atoms in total. The van der Waals surface area contributed by atoms with Gasteiger partial charge in [0.05, 0.1) is 41.1 Å². The topological polar surface area (TPSA) is 79.4 Å². The predicted molar refractivity (Wildman–Crippen MR) is 103 cm³/mol. The number of imidazole rings is 1. The number of benzene rings is 2. The van der Waals surface area contributed by atoms with Gasteiger partial charge in [-0.15, -0.1) is 0 Å². The summed E-state index contributed by atoms with van der Waals surface area (Å²) in [6, 6.07) is 16.4. The van der Waals surface area contributed by atoms with E-state index in [1.54, 1.807) is 24.8 Å². The van der Waals surface area contributed by atoms with E-state index in [4.69, 9.17) is 10.2 Å². The minimum Gasteiger partial charge on any atom is -0.362 e. The summed E-state index contributed by atoms with van der Waals surface area (Å²) in [5.41, 5.74) is 4.97. The van der Waals surface area contributed by atoms with E-state index >= 15 is 0 Å². The average molecular weight is 352 g/mol. The Balaban J connectivity index is 1.49. The molecule has 0 spiro atoms. The molecule has 6 heteroatoms. The van der Waals surface area contributed by atoms with E-state index in [0.717, 1.165) is 29.7 Å². The van der Waals surface area contributed by atoms with Crippen molar-refractivity contribution in [3.8, 4) is 11.9 Å². The zero-order valence-corrected chi connectivity index (χ0v) is 14.5. The van der Waals surface area contributed by atoms with Gasteiger partial charge >= 0.3 is 0 Å². The zero-order chi connectivity index (χ0) is 18.2. The molecule has 1 aliphatic carbocycles. The number of hydrogen-bond acceptors (Lipinski definition) is 5. The van der Waals surface area contributed by atoms with Crippen LogP contribution < -0.4 is 5.32 Å². The Labute approximate surface area is 156 Å². The standard InChI is InChI=1S/C21H16N6/c22-10-14-5-7-18-19(9-14)27(13-24-18)21-12-23-11-20(26-21)25-17-8-6-15-3-1-2-4-16(15)17/h1-5,7,9,11-13,17H,6,8H2,(H,25,26)/t17-/m0/s1. The second-order valence-electron chi connectivity index (χ2n) is 6.63. The van der Waals surface area contributed by atoms with Crippen molar-refractivity contribution in [2.45, 2.75) is 18.9 Å². The molecule has 27 heavy (non-hydrogen) atoms. The maximum Gasteiger partial charge on any atom is 0.159 e. The molecule has 4 aromatic rings. The highest BCUT2D eigenvalue weighted by atomic mass is 15.2. The summed E-state index contributed by atoms with van der Waals surface area (Å²) in [5, 5.41) is 12.7. The summed E-state index contributed by atoms with van der Waals surface area (Å²) in [5.74, 6) is 1.40. The number of rotatable bonds is 3. The third-order valence-corrected chi connectivity index (χ3v) is 5.00. The summed E-state index contributed by atoms with van der Waals surface area (Å²) >= 11 is 0. The van der Waals surface area contributed by atoms with Gasteiger partial charge in [-0.25, -0.2) is 9.97 Å². The molecule has 0 radical (unpaired) electrons. The lowest BCUT2D eigenvalue weighted by Crippen LogP contribution is -2.10. The van der Waals surface area contributed by atoms with E-state index in [9.17, 15) is 0 Å². The normalized spacial score (nSPS) is 15.4. The molecule has 0 aliphatic heterocycles. The lowest BCUT2D eigenvalue weighted by Gasteiger charge is -2.15. The van der Waals surface area contributed by atoms with Gasteiger partial charge in [0.1, 0.15) is 12.1 Å². The summed E-state index contributed by atoms with van der Waals surface area (Å²) in [6.45, 7) is 0. The van der Waals surface area contributed by atoms with Crippen molar-refractivity contribution in [3.63, 3.8) is 0 Å². The van der Waals surface area contributed by atoms with Gasteiger partial charge in [0.2, 0.25) is 0 Å². The average Bonchev–Trinajstić information content (AvgIpc) is 3.32. The molecule has 1 N–H and O–H groups in total. The summed E-state index contributed by atoms with van der Waals surface area (Å²) < 4.78 is 1.86. The maximum atomic E-state index is 9.16. The third kappa shape index (κ3) is 2.70. The fourth-order valence-electron chi connectivity index (χ4n) is 3.69.